The summed E-state index contributed by atoms with van der Waals surface area (Å²) in [5.74, 6) is 1.47. The highest BCUT2D eigenvalue weighted by atomic mass is 35.5. The molecule has 1 aliphatic heterocycles. The molecule has 5 rings (SSSR count). The molecule has 33 heavy (non-hydrogen) atoms. The van der Waals surface area contributed by atoms with E-state index in [1.54, 1.807) is 23.1 Å². The molecule has 1 saturated heterocycles. The normalized spacial score (nSPS) is 16.6. The summed E-state index contributed by atoms with van der Waals surface area (Å²) in [6, 6.07) is 12.8. The number of anilines is 1. The first-order valence-corrected chi connectivity index (χ1v) is 11.7. The second-order valence-corrected chi connectivity index (χ2v) is 9.23. The molecule has 0 radical (unpaired) electrons. The van der Waals surface area contributed by atoms with Crippen LogP contribution in [0.2, 0.25) is 5.02 Å². The highest BCUT2D eigenvalue weighted by Crippen LogP contribution is 2.39. The van der Waals surface area contributed by atoms with Crippen molar-refractivity contribution in [2.24, 2.45) is 5.92 Å². The van der Waals surface area contributed by atoms with Gasteiger partial charge in [-0.15, -0.1) is 0 Å². The molecule has 2 aromatic carbocycles. The van der Waals surface area contributed by atoms with Gasteiger partial charge in [-0.2, -0.15) is 4.98 Å². The highest BCUT2D eigenvalue weighted by Gasteiger charge is 2.30. The summed E-state index contributed by atoms with van der Waals surface area (Å²) >= 11 is 6.15. The maximum absolute atomic E-state index is 12.9. The minimum absolute atomic E-state index is 0.0301. The molecule has 7 nitrogen and oxygen atoms in total. The number of carbonyl (C=O) groups excluding carboxylic acids is 2. The highest BCUT2D eigenvalue weighted by molar-refractivity contribution is 6.31. The molecular formula is C25H25ClN4O3. The van der Waals surface area contributed by atoms with E-state index in [1.807, 2.05) is 31.2 Å². The summed E-state index contributed by atoms with van der Waals surface area (Å²) in [6.07, 6.45) is 3.46. The number of aromatic nitrogens is 2. The number of halogens is 1. The van der Waals surface area contributed by atoms with Gasteiger partial charge >= 0.3 is 0 Å². The second-order valence-electron chi connectivity index (χ2n) is 8.83. The van der Waals surface area contributed by atoms with E-state index in [2.05, 4.69) is 15.5 Å². The lowest BCUT2D eigenvalue weighted by Crippen LogP contribution is -2.41. The predicted molar refractivity (Wildman–Crippen MR) is 125 cm³/mol. The van der Waals surface area contributed by atoms with Gasteiger partial charge in [0.05, 0.1) is 0 Å². The van der Waals surface area contributed by atoms with E-state index in [0.717, 1.165) is 24.0 Å². The Morgan fingerprint density at radius 3 is 2.45 bits per heavy atom. The Morgan fingerprint density at radius 2 is 1.79 bits per heavy atom. The minimum atomic E-state index is -0.129. The van der Waals surface area contributed by atoms with E-state index >= 15 is 0 Å². The standard InChI is InChI=1S/C25H25ClN4O3/c1-15-2-9-20(14-21(15)26)27-23(31)17-10-12-30(13-11-17)25(32)19-7-3-16(4-8-19)22-28-24(33-29-22)18-5-6-18/h2-4,7-9,14,17-18H,5-6,10-13H2,1H3,(H,27,31). The molecule has 8 heteroatoms. The van der Waals surface area contributed by atoms with Gasteiger partial charge in [0.1, 0.15) is 0 Å². The number of hydrogen-bond donors (Lipinski definition) is 1. The van der Waals surface area contributed by atoms with E-state index in [1.165, 1.54) is 0 Å². The number of piperidine rings is 1. The van der Waals surface area contributed by atoms with Crippen molar-refractivity contribution < 1.29 is 14.1 Å². The van der Waals surface area contributed by atoms with E-state index in [-0.39, 0.29) is 17.7 Å². The zero-order valence-corrected chi connectivity index (χ0v) is 19.1. The van der Waals surface area contributed by atoms with Crippen LogP contribution >= 0.6 is 11.6 Å². The maximum atomic E-state index is 12.9. The van der Waals surface area contributed by atoms with E-state index < -0.39 is 0 Å². The third-order valence-corrected chi connectivity index (χ3v) is 6.76. The van der Waals surface area contributed by atoms with Crippen LogP contribution in [0.3, 0.4) is 0 Å². The molecule has 1 N–H and O–H groups in total. The SMILES string of the molecule is Cc1ccc(NC(=O)C2CCN(C(=O)c3ccc(-c4noc(C5CC5)n4)cc3)CC2)cc1Cl. The fourth-order valence-corrected chi connectivity index (χ4v) is 4.23. The molecule has 0 atom stereocenters. The molecule has 1 aliphatic carbocycles. The van der Waals surface area contributed by atoms with Crippen molar-refractivity contribution in [2.75, 3.05) is 18.4 Å². The fourth-order valence-electron chi connectivity index (χ4n) is 4.05. The van der Waals surface area contributed by atoms with Gasteiger partial charge < -0.3 is 14.7 Å². The first-order valence-electron chi connectivity index (χ1n) is 11.3. The van der Waals surface area contributed by atoms with Crippen LogP contribution in [-0.4, -0.2) is 39.9 Å². The van der Waals surface area contributed by atoms with Crippen LogP contribution in [0.5, 0.6) is 0 Å². The van der Waals surface area contributed by atoms with Crippen molar-refractivity contribution in [1.82, 2.24) is 15.0 Å². The largest absolute Gasteiger partial charge is 0.339 e. The summed E-state index contributed by atoms with van der Waals surface area (Å²) in [7, 11) is 0. The van der Waals surface area contributed by atoms with Crippen molar-refractivity contribution in [3.63, 3.8) is 0 Å². The van der Waals surface area contributed by atoms with E-state index in [0.29, 0.717) is 59.8 Å². The van der Waals surface area contributed by atoms with Crippen molar-refractivity contribution in [2.45, 2.75) is 38.5 Å². The minimum Gasteiger partial charge on any atom is -0.339 e. The molecule has 3 aromatic rings. The number of amides is 2. The molecule has 2 aliphatic rings. The van der Waals surface area contributed by atoms with Crippen LogP contribution in [0.25, 0.3) is 11.4 Å². The lowest BCUT2D eigenvalue weighted by atomic mass is 9.95. The summed E-state index contributed by atoms with van der Waals surface area (Å²) in [6.45, 7) is 3.01. The van der Waals surface area contributed by atoms with Gasteiger partial charge in [-0.05, 0) is 62.4 Å². The number of likely N-dealkylation sites (tertiary alicyclic amines) is 1. The van der Waals surface area contributed by atoms with Gasteiger partial charge in [-0.25, -0.2) is 0 Å². The lowest BCUT2D eigenvalue weighted by Gasteiger charge is -2.31. The Bertz CT molecular complexity index is 1180. The summed E-state index contributed by atoms with van der Waals surface area (Å²) in [5.41, 5.74) is 3.10. The van der Waals surface area contributed by atoms with Crippen molar-refractivity contribution >= 4 is 29.1 Å². The Kier molecular flexibility index (Phi) is 5.89. The molecule has 2 heterocycles. The van der Waals surface area contributed by atoms with Crippen LogP contribution < -0.4 is 5.32 Å². The lowest BCUT2D eigenvalue weighted by molar-refractivity contribution is -0.121. The molecular weight excluding hydrogens is 440 g/mol. The number of aryl methyl sites for hydroxylation is 1. The second kappa shape index (κ2) is 8.98. The molecule has 1 saturated carbocycles. The van der Waals surface area contributed by atoms with Gasteiger partial charge in [0, 0.05) is 46.8 Å². The molecule has 2 fully saturated rings. The summed E-state index contributed by atoms with van der Waals surface area (Å²) in [4.78, 5) is 31.9. The Hall–Kier alpha value is -3.19. The van der Waals surface area contributed by atoms with Gasteiger partial charge in [0.25, 0.3) is 5.91 Å². The van der Waals surface area contributed by atoms with Gasteiger partial charge in [0.2, 0.25) is 17.6 Å². The average molecular weight is 465 g/mol. The number of nitrogens with one attached hydrogen (secondary N) is 1. The molecule has 1 aromatic heterocycles. The number of rotatable bonds is 5. The topological polar surface area (TPSA) is 88.3 Å². The van der Waals surface area contributed by atoms with Gasteiger partial charge in [-0.1, -0.05) is 35.0 Å². The third-order valence-electron chi connectivity index (χ3n) is 6.35. The zero-order valence-electron chi connectivity index (χ0n) is 18.4. The molecule has 0 bridgehead atoms. The predicted octanol–water partition coefficient (Wildman–Crippen LogP) is 5.07. The molecule has 2 amide bonds. The fraction of sp³-hybridized carbons (Fsp3) is 0.360. The van der Waals surface area contributed by atoms with Crippen molar-refractivity contribution in [3.05, 3.63) is 64.5 Å². The number of nitrogens with zero attached hydrogens (tertiary/aromatic N) is 3. The van der Waals surface area contributed by atoms with Gasteiger partial charge in [-0.3, -0.25) is 9.59 Å². The Balaban J connectivity index is 1.16. The maximum Gasteiger partial charge on any atom is 0.253 e. The van der Waals surface area contributed by atoms with Crippen LogP contribution in [0.1, 0.15) is 53.4 Å². The molecule has 170 valence electrons. The smallest absolute Gasteiger partial charge is 0.253 e. The zero-order chi connectivity index (χ0) is 22.9. The average Bonchev–Trinajstić information content (AvgIpc) is 3.57. The molecule has 0 unspecified atom stereocenters. The van der Waals surface area contributed by atoms with Crippen LogP contribution in [-0.2, 0) is 4.79 Å². The van der Waals surface area contributed by atoms with Crippen LogP contribution in [0.4, 0.5) is 5.69 Å². The van der Waals surface area contributed by atoms with Gasteiger partial charge in [0.15, 0.2) is 0 Å². The monoisotopic (exact) mass is 464 g/mol. The first-order chi connectivity index (χ1) is 16.0. The molecule has 0 spiro atoms. The Morgan fingerprint density at radius 1 is 1.06 bits per heavy atom. The summed E-state index contributed by atoms with van der Waals surface area (Å²) in [5, 5.41) is 7.62. The van der Waals surface area contributed by atoms with E-state index in [4.69, 9.17) is 16.1 Å². The number of carbonyl (C=O) groups is 2. The number of hydrogen-bond acceptors (Lipinski definition) is 5. The van der Waals surface area contributed by atoms with Crippen molar-refractivity contribution in [1.29, 1.82) is 0 Å². The van der Waals surface area contributed by atoms with Crippen LogP contribution in [0, 0.1) is 12.8 Å². The summed E-state index contributed by atoms with van der Waals surface area (Å²) < 4.78 is 5.32. The van der Waals surface area contributed by atoms with E-state index in [9.17, 15) is 9.59 Å². The van der Waals surface area contributed by atoms with Crippen LogP contribution in [0.15, 0.2) is 47.0 Å². The first kappa shape index (κ1) is 21.6. The third kappa shape index (κ3) is 4.78. The quantitative estimate of drug-likeness (QED) is 0.569. The number of benzene rings is 2. The Labute approximate surface area is 197 Å². The van der Waals surface area contributed by atoms with Crippen molar-refractivity contribution in [3.8, 4) is 11.4 Å².